The van der Waals surface area contributed by atoms with Gasteiger partial charge in [0.05, 0.1) is 24.2 Å². The van der Waals surface area contributed by atoms with Gasteiger partial charge < -0.3 is 18.9 Å². The summed E-state index contributed by atoms with van der Waals surface area (Å²) in [6.07, 6.45) is 2.44. The predicted molar refractivity (Wildman–Crippen MR) is 152 cm³/mol. The predicted octanol–water partition coefficient (Wildman–Crippen LogP) is 6.94. The minimum atomic E-state index is 0.0375. The Morgan fingerprint density at radius 1 is 0.947 bits per heavy atom. The smallest absolute Gasteiger partial charge is 0.227 e. The van der Waals surface area contributed by atoms with E-state index in [4.69, 9.17) is 14.5 Å². The molecule has 1 saturated heterocycles. The van der Waals surface area contributed by atoms with Crippen LogP contribution in [0.15, 0.2) is 72.8 Å². The number of aryl methyl sites for hydroxylation is 1. The van der Waals surface area contributed by atoms with E-state index in [1.807, 2.05) is 54.3 Å². The first-order valence-corrected chi connectivity index (χ1v) is 13.8. The zero-order valence-electron chi connectivity index (χ0n) is 22.6. The number of rotatable bonds is 11. The number of benzene rings is 3. The summed E-state index contributed by atoms with van der Waals surface area (Å²) in [5.74, 6) is 3.42. The van der Waals surface area contributed by atoms with Gasteiger partial charge in [-0.15, -0.1) is 0 Å². The first-order chi connectivity index (χ1) is 18.6. The number of nitrogens with zero attached hydrogens (tertiary/aromatic N) is 3. The molecule has 0 radical (unpaired) electrons. The van der Waals surface area contributed by atoms with Gasteiger partial charge >= 0.3 is 0 Å². The lowest BCUT2D eigenvalue weighted by atomic mass is 9.99. The quantitative estimate of drug-likeness (QED) is 0.205. The summed E-state index contributed by atoms with van der Waals surface area (Å²) in [6.45, 7) is 9.07. The van der Waals surface area contributed by atoms with Crippen molar-refractivity contribution in [3.8, 4) is 11.5 Å². The van der Waals surface area contributed by atoms with Gasteiger partial charge in [-0.05, 0) is 79.8 Å². The number of anilines is 1. The Morgan fingerprint density at radius 2 is 1.66 bits per heavy atom. The van der Waals surface area contributed by atoms with Gasteiger partial charge in [-0.1, -0.05) is 38.1 Å². The van der Waals surface area contributed by atoms with Crippen LogP contribution < -0.4 is 14.4 Å². The molecular formula is C32H37N3O3. The van der Waals surface area contributed by atoms with Crippen LogP contribution in [-0.4, -0.2) is 35.2 Å². The van der Waals surface area contributed by atoms with Gasteiger partial charge in [-0.3, -0.25) is 4.79 Å². The molecule has 0 spiro atoms. The molecule has 0 saturated carbocycles. The molecular weight excluding hydrogens is 474 g/mol. The second-order valence-corrected chi connectivity index (χ2v) is 10.0. The molecule has 0 aliphatic carbocycles. The lowest BCUT2D eigenvalue weighted by Crippen LogP contribution is -2.24. The van der Waals surface area contributed by atoms with Crippen molar-refractivity contribution in [2.75, 3.05) is 24.7 Å². The monoisotopic (exact) mass is 511 g/mol. The fraction of sp³-hybridized carbons (Fsp3) is 0.375. The average Bonchev–Trinajstić information content (AvgIpc) is 3.52. The van der Waals surface area contributed by atoms with E-state index in [9.17, 15) is 4.79 Å². The summed E-state index contributed by atoms with van der Waals surface area (Å²) in [5.41, 5.74) is 4.32. The third kappa shape index (κ3) is 5.54. The number of carbonyl (C=O) groups excluding carboxylic acids is 1. The van der Waals surface area contributed by atoms with Crippen LogP contribution in [0.25, 0.3) is 11.0 Å². The molecule has 0 bridgehead atoms. The van der Waals surface area contributed by atoms with Gasteiger partial charge in [0, 0.05) is 31.1 Å². The third-order valence-electron chi connectivity index (χ3n) is 7.49. The molecule has 5 rings (SSSR count). The number of hydrogen-bond donors (Lipinski definition) is 0. The highest BCUT2D eigenvalue weighted by atomic mass is 16.5. The number of fused-ring (bicyclic) bond motifs is 1. The highest BCUT2D eigenvalue weighted by Gasteiger charge is 2.34. The molecule has 1 fully saturated rings. The van der Waals surface area contributed by atoms with Crippen LogP contribution in [0.1, 0.15) is 63.3 Å². The molecule has 2 heterocycles. The fourth-order valence-corrected chi connectivity index (χ4v) is 5.20. The van der Waals surface area contributed by atoms with Crippen LogP contribution in [0, 0.1) is 0 Å². The van der Waals surface area contributed by atoms with E-state index < -0.39 is 0 Å². The third-order valence-corrected chi connectivity index (χ3v) is 7.49. The van der Waals surface area contributed by atoms with Crippen molar-refractivity contribution in [2.45, 2.75) is 58.4 Å². The molecule has 6 heteroatoms. The first kappa shape index (κ1) is 25.8. The van der Waals surface area contributed by atoms with Crippen molar-refractivity contribution < 1.29 is 14.3 Å². The Bertz CT molecular complexity index is 1360. The molecule has 0 N–H and O–H groups in total. The molecule has 1 aromatic heterocycles. The van der Waals surface area contributed by atoms with Crippen molar-refractivity contribution >= 4 is 22.6 Å². The SMILES string of the molecule is CCOc1ccc(N2CC(c3nc4ccccc4n3CCCOc3ccc(C(C)CC)cc3)CC2=O)cc1. The Morgan fingerprint density at radius 3 is 2.39 bits per heavy atom. The minimum absolute atomic E-state index is 0.0375. The highest BCUT2D eigenvalue weighted by Crippen LogP contribution is 2.34. The highest BCUT2D eigenvalue weighted by molar-refractivity contribution is 5.96. The number of ether oxygens (including phenoxy) is 2. The molecule has 6 nitrogen and oxygen atoms in total. The summed E-state index contributed by atoms with van der Waals surface area (Å²) >= 11 is 0. The van der Waals surface area contributed by atoms with E-state index in [1.165, 1.54) is 5.56 Å². The molecule has 38 heavy (non-hydrogen) atoms. The topological polar surface area (TPSA) is 56.6 Å². The first-order valence-electron chi connectivity index (χ1n) is 13.8. The molecule has 1 amide bonds. The van der Waals surface area contributed by atoms with E-state index in [0.29, 0.717) is 32.1 Å². The summed E-state index contributed by atoms with van der Waals surface area (Å²) in [5, 5.41) is 0. The molecule has 2 unspecified atom stereocenters. The maximum absolute atomic E-state index is 13.0. The number of aromatic nitrogens is 2. The maximum Gasteiger partial charge on any atom is 0.227 e. The number of para-hydroxylation sites is 2. The van der Waals surface area contributed by atoms with E-state index in [0.717, 1.165) is 53.4 Å². The van der Waals surface area contributed by atoms with E-state index in [-0.39, 0.29) is 11.8 Å². The minimum Gasteiger partial charge on any atom is -0.494 e. The second kappa shape index (κ2) is 11.7. The van der Waals surface area contributed by atoms with Crippen molar-refractivity contribution in [3.63, 3.8) is 0 Å². The van der Waals surface area contributed by atoms with Gasteiger partial charge in [0.25, 0.3) is 0 Å². The Balaban J connectivity index is 1.27. The summed E-state index contributed by atoms with van der Waals surface area (Å²) in [6, 6.07) is 24.5. The van der Waals surface area contributed by atoms with Crippen molar-refractivity contribution in [1.29, 1.82) is 0 Å². The number of carbonyl (C=O) groups is 1. The normalized spacial score (nSPS) is 16.2. The van der Waals surface area contributed by atoms with E-state index in [2.05, 4.69) is 48.7 Å². The Labute approximate surface area is 225 Å². The number of imidazole rings is 1. The Kier molecular flexibility index (Phi) is 7.97. The van der Waals surface area contributed by atoms with Crippen LogP contribution in [0.4, 0.5) is 5.69 Å². The van der Waals surface area contributed by atoms with Crippen molar-refractivity contribution in [3.05, 3.63) is 84.2 Å². The fourth-order valence-electron chi connectivity index (χ4n) is 5.20. The zero-order valence-corrected chi connectivity index (χ0v) is 22.6. The van der Waals surface area contributed by atoms with Crippen LogP contribution in [-0.2, 0) is 11.3 Å². The second-order valence-electron chi connectivity index (χ2n) is 10.0. The van der Waals surface area contributed by atoms with Crippen LogP contribution >= 0.6 is 0 Å². The van der Waals surface area contributed by atoms with E-state index >= 15 is 0 Å². The standard InChI is InChI=1S/C32H37N3O3/c1-4-23(3)24-11-15-28(16-12-24)38-20-8-19-34-30-10-7-6-9-29(30)33-32(34)25-21-31(36)35(22-25)26-13-17-27(18-14-26)37-5-2/h6-7,9-18,23,25H,4-5,8,19-22H2,1-3H3. The van der Waals surface area contributed by atoms with Crippen molar-refractivity contribution in [1.82, 2.24) is 9.55 Å². The number of amides is 1. The van der Waals surface area contributed by atoms with Crippen LogP contribution in [0.3, 0.4) is 0 Å². The molecule has 3 aromatic carbocycles. The molecule has 4 aromatic rings. The molecule has 2 atom stereocenters. The summed E-state index contributed by atoms with van der Waals surface area (Å²) < 4.78 is 13.9. The average molecular weight is 512 g/mol. The zero-order chi connectivity index (χ0) is 26.5. The Hall–Kier alpha value is -3.80. The van der Waals surface area contributed by atoms with Crippen LogP contribution in [0.5, 0.6) is 11.5 Å². The molecule has 1 aliphatic heterocycles. The number of hydrogen-bond acceptors (Lipinski definition) is 4. The largest absolute Gasteiger partial charge is 0.494 e. The van der Waals surface area contributed by atoms with Crippen LogP contribution in [0.2, 0.25) is 0 Å². The summed E-state index contributed by atoms with van der Waals surface area (Å²) in [4.78, 5) is 19.9. The van der Waals surface area contributed by atoms with Gasteiger partial charge in [0.15, 0.2) is 0 Å². The summed E-state index contributed by atoms with van der Waals surface area (Å²) in [7, 11) is 0. The molecule has 198 valence electrons. The van der Waals surface area contributed by atoms with Gasteiger partial charge in [0.1, 0.15) is 17.3 Å². The van der Waals surface area contributed by atoms with Gasteiger partial charge in [-0.2, -0.15) is 0 Å². The van der Waals surface area contributed by atoms with Gasteiger partial charge in [-0.25, -0.2) is 4.98 Å². The van der Waals surface area contributed by atoms with Gasteiger partial charge in [0.2, 0.25) is 5.91 Å². The lowest BCUT2D eigenvalue weighted by Gasteiger charge is -2.18. The molecule has 1 aliphatic rings. The maximum atomic E-state index is 13.0. The lowest BCUT2D eigenvalue weighted by molar-refractivity contribution is -0.117. The van der Waals surface area contributed by atoms with Crippen molar-refractivity contribution in [2.24, 2.45) is 0 Å². The van der Waals surface area contributed by atoms with E-state index in [1.54, 1.807) is 0 Å².